The van der Waals surface area contributed by atoms with Gasteiger partial charge in [-0.3, -0.25) is 4.79 Å². The molecule has 1 heterocycles. The van der Waals surface area contributed by atoms with Crippen molar-refractivity contribution in [2.45, 2.75) is 32.2 Å². The molecule has 0 aromatic heterocycles. The van der Waals surface area contributed by atoms with Crippen LogP contribution in [0.3, 0.4) is 0 Å². The standard InChI is InChI=1S/C11H21NO3/c1-9(6-11(13)14-2)12-7-10-4-3-5-15-8-10/h9-10,12H,3-8H2,1-2H3. The quantitative estimate of drug-likeness (QED) is 0.694. The Labute approximate surface area is 91.3 Å². The van der Waals surface area contributed by atoms with E-state index in [0.717, 1.165) is 26.2 Å². The van der Waals surface area contributed by atoms with Crippen LogP contribution in [-0.4, -0.2) is 38.9 Å². The second-order valence-electron chi connectivity index (χ2n) is 4.17. The third-order valence-electron chi connectivity index (χ3n) is 2.71. The second-order valence-corrected chi connectivity index (χ2v) is 4.17. The Bertz CT molecular complexity index is 190. The van der Waals surface area contributed by atoms with Gasteiger partial charge in [-0.05, 0) is 25.7 Å². The van der Waals surface area contributed by atoms with Gasteiger partial charge in [-0.15, -0.1) is 0 Å². The Morgan fingerprint density at radius 1 is 1.67 bits per heavy atom. The lowest BCUT2D eigenvalue weighted by molar-refractivity contribution is -0.141. The molecule has 4 nitrogen and oxygen atoms in total. The SMILES string of the molecule is COC(=O)CC(C)NCC1CCCOC1. The number of carbonyl (C=O) groups is 1. The summed E-state index contributed by atoms with van der Waals surface area (Å²) in [5.74, 6) is 0.439. The fourth-order valence-electron chi connectivity index (χ4n) is 1.74. The number of methoxy groups -OCH3 is 1. The van der Waals surface area contributed by atoms with E-state index in [1.54, 1.807) is 0 Å². The molecule has 1 aliphatic heterocycles. The Morgan fingerprint density at radius 2 is 2.47 bits per heavy atom. The van der Waals surface area contributed by atoms with E-state index < -0.39 is 0 Å². The zero-order chi connectivity index (χ0) is 11.1. The number of carbonyl (C=O) groups excluding carboxylic acids is 1. The highest BCUT2D eigenvalue weighted by molar-refractivity contribution is 5.69. The molecule has 4 heteroatoms. The number of hydrogen-bond acceptors (Lipinski definition) is 4. The fraction of sp³-hybridized carbons (Fsp3) is 0.909. The molecule has 0 aromatic rings. The van der Waals surface area contributed by atoms with Crippen LogP contribution in [0.2, 0.25) is 0 Å². The summed E-state index contributed by atoms with van der Waals surface area (Å²) in [4.78, 5) is 11.0. The maximum atomic E-state index is 11.0. The van der Waals surface area contributed by atoms with Crippen LogP contribution in [-0.2, 0) is 14.3 Å². The molecule has 2 unspecified atom stereocenters. The van der Waals surface area contributed by atoms with Crippen LogP contribution in [0.4, 0.5) is 0 Å². The first-order chi connectivity index (χ1) is 7.22. The van der Waals surface area contributed by atoms with Crippen molar-refractivity contribution >= 4 is 5.97 Å². The van der Waals surface area contributed by atoms with Crippen LogP contribution in [0, 0.1) is 5.92 Å². The largest absolute Gasteiger partial charge is 0.469 e. The monoisotopic (exact) mass is 215 g/mol. The first-order valence-corrected chi connectivity index (χ1v) is 5.60. The van der Waals surface area contributed by atoms with Crippen molar-refractivity contribution in [2.75, 3.05) is 26.9 Å². The van der Waals surface area contributed by atoms with Crippen molar-refractivity contribution in [1.82, 2.24) is 5.32 Å². The van der Waals surface area contributed by atoms with Gasteiger partial charge in [0.1, 0.15) is 0 Å². The summed E-state index contributed by atoms with van der Waals surface area (Å²) in [5, 5.41) is 3.34. The molecule has 88 valence electrons. The fourth-order valence-corrected chi connectivity index (χ4v) is 1.74. The van der Waals surface area contributed by atoms with E-state index in [-0.39, 0.29) is 12.0 Å². The number of hydrogen-bond donors (Lipinski definition) is 1. The van der Waals surface area contributed by atoms with Gasteiger partial charge in [-0.2, -0.15) is 0 Å². The Kier molecular flexibility index (Phi) is 5.65. The molecule has 0 amide bonds. The summed E-state index contributed by atoms with van der Waals surface area (Å²) in [6.45, 7) is 4.67. The zero-order valence-corrected chi connectivity index (χ0v) is 9.62. The maximum absolute atomic E-state index is 11.0. The van der Waals surface area contributed by atoms with Crippen LogP contribution in [0.1, 0.15) is 26.2 Å². The molecule has 1 fully saturated rings. The normalized spacial score (nSPS) is 23.5. The van der Waals surface area contributed by atoms with Crippen molar-refractivity contribution in [1.29, 1.82) is 0 Å². The minimum absolute atomic E-state index is 0.158. The van der Waals surface area contributed by atoms with Crippen LogP contribution in [0.15, 0.2) is 0 Å². The minimum atomic E-state index is -0.158. The predicted octanol–water partition coefficient (Wildman–Crippen LogP) is 0.954. The number of rotatable bonds is 5. The third-order valence-corrected chi connectivity index (χ3v) is 2.71. The summed E-state index contributed by atoms with van der Waals surface area (Å²) in [6, 6.07) is 0.180. The van der Waals surface area contributed by atoms with Crippen LogP contribution >= 0.6 is 0 Å². The number of esters is 1. The van der Waals surface area contributed by atoms with Crippen molar-refractivity contribution in [3.05, 3.63) is 0 Å². The topological polar surface area (TPSA) is 47.6 Å². The van der Waals surface area contributed by atoms with E-state index in [4.69, 9.17) is 4.74 Å². The molecule has 1 saturated heterocycles. The molecular weight excluding hydrogens is 194 g/mol. The van der Waals surface area contributed by atoms with Gasteiger partial charge in [-0.1, -0.05) is 0 Å². The molecule has 0 saturated carbocycles. The molecule has 0 radical (unpaired) electrons. The van der Waals surface area contributed by atoms with E-state index in [2.05, 4.69) is 10.1 Å². The lowest BCUT2D eigenvalue weighted by Gasteiger charge is -2.24. The Hall–Kier alpha value is -0.610. The van der Waals surface area contributed by atoms with E-state index in [1.807, 2.05) is 6.92 Å². The molecule has 1 N–H and O–H groups in total. The molecule has 15 heavy (non-hydrogen) atoms. The predicted molar refractivity (Wildman–Crippen MR) is 57.6 cm³/mol. The maximum Gasteiger partial charge on any atom is 0.307 e. The van der Waals surface area contributed by atoms with Gasteiger partial charge in [0.05, 0.1) is 20.1 Å². The van der Waals surface area contributed by atoms with Crippen LogP contribution in [0.5, 0.6) is 0 Å². The molecule has 0 spiro atoms. The third kappa shape index (κ3) is 5.14. The van der Waals surface area contributed by atoms with Gasteiger partial charge >= 0.3 is 5.97 Å². The molecule has 0 aromatic carbocycles. The number of ether oxygens (including phenoxy) is 2. The molecule has 0 bridgehead atoms. The van der Waals surface area contributed by atoms with Gasteiger partial charge in [0.2, 0.25) is 0 Å². The molecular formula is C11H21NO3. The van der Waals surface area contributed by atoms with E-state index in [9.17, 15) is 4.79 Å². The number of nitrogens with one attached hydrogen (secondary N) is 1. The van der Waals surface area contributed by atoms with E-state index in [1.165, 1.54) is 13.5 Å². The highest BCUT2D eigenvalue weighted by atomic mass is 16.5. The van der Waals surface area contributed by atoms with Crippen molar-refractivity contribution in [2.24, 2.45) is 5.92 Å². The zero-order valence-electron chi connectivity index (χ0n) is 9.62. The van der Waals surface area contributed by atoms with Gasteiger partial charge < -0.3 is 14.8 Å². The van der Waals surface area contributed by atoms with Crippen molar-refractivity contribution in [3.63, 3.8) is 0 Å². The summed E-state index contributed by atoms with van der Waals surface area (Å²) < 4.78 is 9.99. The molecule has 0 aliphatic carbocycles. The molecule has 1 rings (SSSR count). The molecule has 1 aliphatic rings. The first kappa shape index (κ1) is 12.5. The van der Waals surface area contributed by atoms with Crippen LogP contribution in [0.25, 0.3) is 0 Å². The summed E-state index contributed by atoms with van der Waals surface area (Å²) >= 11 is 0. The lowest BCUT2D eigenvalue weighted by atomic mass is 10.0. The summed E-state index contributed by atoms with van der Waals surface area (Å²) in [6.07, 6.45) is 2.81. The van der Waals surface area contributed by atoms with E-state index in [0.29, 0.717) is 12.3 Å². The van der Waals surface area contributed by atoms with Gasteiger partial charge in [0.15, 0.2) is 0 Å². The Morgan fingerprint density at radius 3 is 3.07 bits per heavy atom. The van der Waals surface area contributed by atoms with Crippen molar-refractivity contribution < 1.29 is 14.3 Å². The lowest BCUT2D eigenvalue weighted by Crippen LogP contribution is -2.35. The average molecular weight is 215 g/mol. The van der Waals surface area contributed by atoms with Gasteiger partial charge in [0, 0.05) is 19.2 Å². The van der Waals surface area contributed by atoms with Crippen LogP contribution < -0.4 is 5.32 Å². The highest BCUT2D eigenvalue weighted by Crippen LogP contribution is 2.12. The van der Waals surface area contributed by atoms with Gasteiger partial charge in [0.25, 0.3) is 0 Å². The molecule has 2 atom stereocenters. The highest BCUT2D eigenvalue weighted by Gasteiger charge is 2.15. The van der Waals surface area contributed by atoms with Crippen molar-refractivity contribution in [3.8, 4) is 0 Å². The first-order valence-electron chi connectivity index (χ1n) is 5.60. The second kappa shape index (κ2) is 6.80. The summed E-state index contributed by atoms with van der Waals surface area (Å²) in [7, 11) is 1.42. The smallest absolute Gasteiger partial charge is 0.307 e. The minimum Gasteiger partial charge on any atom is -0.469 e. The summed E-state index contributed by atoms with van der Waals surface area (Å²) in [5.41, 5.74) is 0. The van der Waals surface area contributed by atoms with Gasteiger partial charge in [-0.25, -0.2) is 0 Å². The van der Waals surface area contributed by atoms with E-state index >= 15 is 0 Å². The average Bonchev–Trinajstić information content (AvgIpc) is 2.27. The Balaban J connectivity index is 2.09.